The number of carbonyl (C=O) groups excluding carboxylic acids is 1. The highest BCUT2D eigenvalue weighted by Gasteiger charge is 2.20. The van der Waals surface area contributed by atoms with Crippen molar-refractivity contribution >= 4 is 5.91 Å². The molecular formula is C19H19N5O4. The lowest BCUT2D eigenvalue weighted by atomic mass is 10.1. The van der Waals surface area contributed by atoms with Crippen LogP contribution in [0.15, 0.2) is 47.7 Å². The van der Waals surface area contributed by atoms with Gasteiger partial charge in [-0.15, -0.1) is 0 Å². The summed E-state index contributed by atoms with van der Waals surface area (Å²) in [6.07, 6.45) is 2.93. The Balaban J connectivity index is 1.88. The van der Waals surface area contributed by atoms with Crippen molar-refractivity contribution < 1.29 is 14.3 Å². The molecule has 0 bridgehead atoms. The minimum Gasteiger partial charge on any atom is -0.493 e. The molecular weight excluding hydrogens is 362 g/mol. The molecule has 3 rings (SSSR count). The molecule has 1 unspecified atom stereocenters. The topological polar surface area (TPSA) is 119 Å². The number of carbonyl (C=O) groups is 1. The molecule has 3 aromatic rings. The van der Waals surface area contributed by atoms with Gasteiger partial charge in [0.2, 0.25) is 0 Å². The van der Waals surface area contributed by atoms with Crippen LogP contribution in [0, 0.1) is 0 Å². The van der Waals surface area contributed by atoms with Crippen LogP contribution < -0.4 is 20.3 Å². The second-order valence-electron chi connectivity index (χ2n) is 5.85. The second-order valence-corrected chi connectivity index (χ2v) is 5.85. The molecule has 2 N–H and O–H groups in total. The zero-order valence-electron chi connectivity index (χ0n) is 15.6. The van der Waals surface area contributed by atoms with Crippen molar-refractivity contribution in [2.45, 2.75) is 13.0 Å². The number of aromatic nitrogens is 4. The number of H-pyrrole nitrogens is 1. The highest BCUT2D eigenvalue weighted by atomic mass is 16.5. The third-order valence-electron chi connectivity index (χ3n) is 4.01. The average Bonchev–Trinajstić information content (AvgIpc) is 2.73. The molecule has 0 radical (unpaired) electrons. The summed E-state index contributed by atoms with van der Waals surface area (Å²) in [5.41, 5.74) is 0.859. The predicted molar refractivity (Wildman–Crippen MR) is 101 cm³/mol. The lowest BCUT2D eigenvalue weighted by molar-refractivity contribution is 0.0934. The first-order valence-electron chi connectivity index (χ1n) is 8.43. The SMILES string of the molecule is COc1cccc(C(=O)NC(C)c2nc(-c3ccncn3)cc(=O)[nH]2)c1OC. The molecule has 0 aliphatic rings. The fraction of sp³-hybridized carbons (Fsp3) is 0.211. The minimum absolute atomic E-state index is 0.302. The largest absolute Gasteiger partial charge is 0.493 e. The van der Waals surface area contributed by atoms with Crippen molar-refractivity contribution in [2.24, 2.45) is 0 Å². The maximum absolute atomic E-state index is 12.7. The number of rotatable bonds is 6. The normalized spacial score (nSPS) is 11.5. The molecule has 2 aromatic heterocycles. The summed E-state index contributed by atoms with van der Waals surface area (Å²) in [4.78, 5) is 39.8. The summed E-state index contributed by atoms with van der Waals surface area (Å²) in [6, 6.07) is 7.43. The molecule has 28 heavy (non-hydrogen) atoms. The smallest absolute Gasteiger partial charge is 0.255 e. The highest BCUT2D eigenvalue weighted by Crippen LogP contribution is 2.30. The van der Waals surface area contributed by atoms with E-state index < -0.39 is 11.9 Å². The van der Waals surface area contributed by atoms with Crippen LogP contribution in [0.2, 0.25) is 0 Å². The summed E-state index contributed by atoms with van der Waals surface area (Å²) >= 11 is 0. The van der Waals surface area contributed by atoms with Crippen LogP contribution in [-0.4, -0.2) is 40.1 Å². The fourth-order valence-electron chi connectivity index (χ4n) is 2.66. The quantitative estimate of drug-likeness (QED) is 0.667. The van der Waals surface area contributed by atoms with Crippen LogP contribution in [0.1, 0.15) is 29.1 Å². The monoisotopic (exact) mass is 381 g/mol. The molecule has 0 aliphatic carbocycles. The Morgan fingerprint density at radius 1 is 1.18 bits per heavy atom. The van der Waals surface area contributed by atoms with Gasteiger partial charge in [0.25, 0.3) is 11.5 Å². The second kappa shape index (κ2) is 8.30. The van der Waals surface area contributed by atoms with Crippen LogP contribution in [0.4, 0.5) is 0 Å². The van der Waals surface area contributed by atoms with Crippen LogP contribution in [-0.2, 0) is 0 Å². The van der Waals surface area contributed by atoms with Gasteiger partial charge >= 0.3 is 0 Å². The Hall–Kier alpha value is -3.75. The van der Waals surface area contributed by atoms with Gasteiger partial charge in [0.15, 0.2) is 11.5 Å². The van der Waals surface area contributed by atoms with Gasteiger partial charge in [-0.05, 0) is 25.1 Å². The number of nitrogens with zero attached hydrogens (tertiary/aromatic N) is 3. The first-order valence-corrected chi connectivity index (χ1v) is 8.43. The summed E-state index contributed by atoms with van der Waals surface area (Å²) in [5.74, 6) is 0.681. The van der Waals surface area contributed by atoms with E-state index in [1.54, 1.807) is 37.4 Å². The van der Waals surface area contributed by atoms with Crippen molar-refractivity contribution in [1.29, 1.82) is 0 Å². The van der Waals surface area contributed by atoms with E-state index in [0.29, 0.717) is 34.3 Å². The van der Waals surface area contributed by atoms with Crippen LogP contribution >= 0.6 is 0 Å². The lowest BCUT2D eigenvalue weighted by Crippen LogP contribution is -2.29. The third-order valence-corrected chi connectivity index (χ3v) is 4.01. The van der Waals surface area contributed by atoms with E-state index in [1.165, 1.54) is 26.6 Å². The summed E-state index contributed by atoms with van der Waals surface area (Å²) < 4.78 is 10.5. The minimum atomic E-state index is -0.571. The van der Waals surface area contributed by atoms with Gasteiger partial charge in [-0.2, -0.15) is 0 Å². The fourth-order valence-corrected chi connectivity index (χ4v) is 2.66. The maximum Gasteiger partial charge on any atom is 0.255 e. The van der Waals surface area contributed by atoms with E-state index in [-0.39, 0.29) is 5.56 Å². The molecule has 0 aliphatic heterocycles. The Morgan fingerprint density at radius 3 is 2.68 bits per heavy atom. The van der Waals surface area contributed by atoms with Crippen LogP contribution in [0.25, 0.3) is 11.4 Å². The number of benzene rings is 1. The van der Waals surface area contributed by atoms with Gasteiger partial charge in [-0.1, -0.05) is 6.07 Å². The molecule has 1 aromatic carbocycles. The number of hydrogen-bond donors (Lipinski definition) is 2. The van der Waals surface area contributed by atoms with Crippen LogP contribution in [0.3, 0.4) is 0 Å². The van der Waals surface area contributed by atoms with Gasteiger partial charge < -0.3 is 19.8 Å². The van der Waals surface area contributed by atoms with Gasteiger partial charge in [-0.25, -0.2) is 15.0 Å². The van der Waals surface area contributed by atoms with Gasteiger partial charge in [0.05, 0.1) is 37.2 Å². The Bertz CT molecular complexity index is 1040. The molecule has 1 amide bonds. The summed E-state index contributed by atoms with van der Waals surface area (Å²) in [7, 11) is 2.96. The van der Waals surface area contributed by atoms with E-state index >= 15 is 0 Å². The molecule has 1 atom stereocenters. The molecule has 9 nitrogen and oxygen atoms in total. The van der Waals surface area contributed by atoms with E-state index in [1.807, 2.05) is 0 Å². The maximum atomic E-state index is 12.7. The number of para-hydroxylation sites is 1. The third kappa shape index (κ3) is 3.98. The van der Waals surface area contributed by atoms with Crippen molar-refractivity contribution in [2.75, 3.05) is 14.2 Å². The number of amides is 1. The Kier molecular flexibility index (Phi) is 5.64. The molecule has 9 heteroatoms. The lowest BCUT2D eigenvalue weighted by Gasteiger charge is -2.16. The standard InChI is InChI=1S/C19H19N5O4/c1-11(22-19(26)12-5-4-6-15(27-2)17(12)28-3)18-23-14(9-16(25)24-18)13-7-8-20-10-21-13/h4-11H,1-3H3,(H,22,26)(H,23,24,25). The van der Waals surface area contributed by atoms with Gasteiger partial charge in [-0.3, -0.25) is 9.59 Å². The van der Waals surface area contributed by atoms with Gasteiger partial charge in [0, 0.05) is 12.3 Å². The number of nitrogens with one attached hydrogen (secondary N) is 2. The summed E-state index contributed by atoms with van der Waals surface area (Å²) in [5, 5.41) is 2.80. The number of methoxy groups -OCH3 is 2. The zero-order valence-corrected chi connectivity index (χ0v) is 15.6. The molecule has 2 heterocycles. The van der Waals surface area contributed by atoms with Crippen molar-refractivity contribution in [3.63, 3.8) is 0 Å². The number of hydrogen-bond acceptors (Lipinski definition) is 7. The first-order chi connectivity index (χ1) is 13.5. The molecule has 144 valence electrons. The number of aromatic amines is 1. The first kappa shape index (κ1) is 19.0. The molecule has 0 fully saturated rings. The van der Waals surface area contributed by atoms with Crippen molar-refractivity contribution in [3.05, 3.63) is 64.6 Å². The molecule has 0 saturated carbocycles. The predicted octanol–water partition coefficient (Wildman–Crippen LogP) is 1.74. The Morgan fingerprint density at radius 2 is 2.00 bits per heavy atom. The summed E-state index contributed by atoms with van der Waals surface area (Å²) in [6.45, 7) is 1.71. The van der Waals surface area contributed by atoms with E-state index in [4.69, 9.17) is 9.47 Å². The van der Waals surface area contributed by atoms with Crippen LogP contribution in [0.5, 0.6) is 11.5 Å². The average molecular weight is 381 g/mol. The van der Waals surface area contributed by atoms with E-state index in [9.17, 15) is 9.59 Å². The number of ether oxygens (including phenoxy) is 2. The molecule has 0 saturated heterocycles. The van der Waals surface area contributed by atoms with E-state index in [2.05, 4.69) is 25.3 Å². The van der Waals surface area contributed by atoms with Crippen molar-refractivity contribution in [1.82, 2.24) is 25.3 Å². The molecule has 0 spiro atoms. The van der Waals surface area contributed by atoms with Gasteiger partial charge in [0.1, 0.15) is 12.2 Å². The Labute approximate surface area is 160 Å². The zero-order chi connectivity index (χ0) is 20.1. The highest BCUT2D eigenvalue weighted by molar-refractivity contribution is 5.98. The van der Waals surface area contributed by atoms with E-state index in [0.717, 1.165) is 0 Å². The van der Waals surface area contributed by atoms with Crippen molar-refractivity contribution in [3.8, 4) is 22.9 Å².